The predicted molar refractivity (Wildman–Crippen MR) is 92.3 cm³/mol. The summed E-state index contributed by atoms with van der Waals surface area (Å²) in [6, 6.07) is 12.4. The van der Waals surface area contributed by atoms with E-state index in [2.05, 4.69) is 15.0 Å². The number of aromatic nitrogens is 2. The van der Waals surface area contributed by atoms with Gasteiger partial charge in [-0.15, -0.1) is 0 Å². The highest BCUT2D eigenvalue weighted by atomic mass is 32.2. The lowest BCUT2D eigenvalue weighted by Crippen LogP contribution is -2.14. The lowest BCUT2D eigenvalue weighted by molar-refractivity contribution is -0.113. The first-order valence-corrected chi connectivity index (χ1v) is 8.19. The molecule has 0 fully saturated rings. The van der Waals surface area contributed by atoms with Crippen molar-refractivity contribution in [2.45, 2.75) is 5.16 Å². The molecule has 1 N–H and O–H groups in total. The predicted octanol–water partition coefficient (Wildman–Crippen LogP) is 2.85. The first-order chi connectivity index (χ1) is 11.7. The average molecular weight is 341 g/mol. The highest BCUT2D eigenvalue weighted by Crippen LogP contribution is 2.19. The molecule has 0 spiro atoms. The highest BCUT2D eigenvalue weighted by Gasteiger charge is 2.09. The molecule has 3 rings (SSSR count). The number of anilines is 1. The zero-order valence-electron chi connectivity index (χ0n) is 12.9. The Bertz CT molecular complexity index is 874. The molecule has 0 bridgehead atoms. The summed E-state index contributed by atoms with van der Waals surface area (Å²) in [4.78, 5) is 27.7. The number of imidazole rings is 1. The molecule has 2 heterocycles. The minimum atomic E-state index is -0.408. The third-order valence-corrected chi connectivity index (χ3v) is 4.29. The number of nitrogens with one attached hydrogen (secondary N) is 1. The SMILES string of the molecule is COC(=O)c1ccc(NC(=O)CSc2ncc3ccccn23)cc1. The topological polar surface area (TPSA) is 72.7 Å². The van der Waals surface area contributed by atoms with Gasteiger partial charge in [0.2, 0.25) is 5.91 Å². The standard InChI is InChI=1S/C17H15N3O3S/c1-23-16(22)12-5-7-13(8-6-12)19-15(21)11-24-17-18-10-14-4-2-3-9-20(14)17/h2-10H,11H2,1H3,(H,19,21). The number of methoxy groups -OCH3 is 1. The lowest BCUT2D eigenvalue weighted by atomic mass is 10.2. The van der Waals surface area contributed by atoms with Gasteiger partial charge in [0.15, 0.2) is 5.16 Å². The van der Waals surface area contributed by atoms with E-state index in [0.29, 0.717) is 11.3 Å². The van der Waals surface area contributed by atoms with Gasteiger partial charge >= 0.3 is 5.97 Å². The normalized spacial score (nSPS) is 10.5. The van der Waals surface area contributed by atoms with Crippen LogP contribution in [0.1, 0.15) is 10.4 Å². The number of benzene rings is 1. The van der Waals surface area contributed by atoms with Gasteiger partial charge in [-0.3, -0.25) is 9.20 Å². The van der Waals surface area contributed by atoms with Gasteiger partial charge in [0.25, 0.3) is 0 Å². The molecule has 1 aromatic carbocycles. The Morgan fingerprint density at radius 2 is 2.00 bits per heavy atom. The molecular formula is C17H15N3O3S. The Labute approximate surface area is 142 Å². The van der Waals surface area contributed by atoms with Crippen LogP contribution >= 0.6 is 11.8 Å². The molecule has 24 heavy (non-hydrogen) atoms. The zero-order valence-corrected chi connectivity index (χ0v) is 13.7. The van der Waals surface area contributed by atoms with Crippen molar-refractivity contribution in [3.8, 4) is 0 Å². The van der Waals surface area contributed by atoms with Crippen LogP contribution < -0.4 is 5.32 Å². The second-order valence-corrected chi connectivity index (χ2v) is 5.88. The number of carbonyl (C=O) groups is 2. The third-order valence-electron chi connectivity index (χ3n) is 3.33. The number of fused-ring (bicyclic) bond motifs is 1. The molecular weight excluding hydrogens is 326 g/mol. The fraction of sp³-hybridized carbons (Fsp3) is 0.118. The first kappa shape index (κ1) is 16.1. The van der Waals surface area contributed by atoms with Crippen LogP contribution in [0.3, 0.4) is 0 Å². The fourth-order valence-electron chi connectivity index (χ4n) is 2.16. The van der Waals surface area contributed by atoms with Crippen LogP contribution in [-0.4, -0.2) is 34.1 Å². The second-order valence-electron chi connectivity index (χ2n) is 4.94. The van der Waals surface area contributed by atoms with Crippen molar-refractivity contribution in [3.63, 3.8) is 0 Å². The summed E-state index contributed by atoms with van der Waals surface area (Å²) in [7, 11) is 1.33. The van der Waals surface area contributed by atoms with E-state index >= 15 is 0 Å². The van der Waals surface area contributed by atoms with E-state index in [0.717, 1.165) is 10.7 Å². The first-order valence-electron chi connectivity index (χ1n) is 7.20. The Hall–Kier alpha value is -2.80. The maximum atomic E-state index is 12.1. The monoisotopic (exact) mass is 341 g/mol. The van der Waals surface area contributed by atoms with Gasteiger partial charge in [-0.1, -0.05) is 17.8 Å². The van der Waals surface area contributed by atoms with Crippen molar-refractivity contribution < 1.29 is 14.3 Å². The van der Waals surface area contributed by atoms with Crippen molar-refractivity contribution in [2.24, 2.45) is 0 Å². The van der Waals surface area contributed by atoms with Crippen LogP contribution in [0.4, 0.5) is 5.69 Å². The van der Waals surface area contributed by atoms with Crippen molar-refractivity contribution in [1.82, 2.24) is 9.38 Å². The summed E-state index contributed by atoms with van der Waals surface area (Å²) < 4.78 is 6.57. The Balaban J connectivity index is 1.58. The number of ether oxygens (including phenoxy) is 1. The smallest absolute Gasteiger partial charge is 0.337 e. The maximum Gasteiger partial charge on any atom is 0.337 e. The molecule has 0 radical (unpaired) electrons. The van der Waals surface area contributed by atoms with Gasteiger partial charge in [-0.2, -0.15) is 0 Å². The summed E-state index contributed by atoms with van der Waals surface area (Å²) in [5.74, 6) is -0.305. The van der Waals surface area contributed by atoms with Gasteiger partial charge < -0.3 is 10.1 Å². The molecule has 0 aliphatic rings. The number of pyridine rings is 1. The Morgan fingerprint density at radius 1 is 1.21 bits per heavy atom. The average Bonchev–Trinajstić information content (AvgIpc) is 3.03. The fourth-order valence-corrected chi connectivity index (χ4v) is 2.93. The van der Waals surface area contributed by atoms with E-state index in [1.807, 2.05) is 28.8 Å². The molecule has 1 amide bonds. The molecule has 2 aromatic heterocycles. The molecule has 0 saturated carbocycles. The number of carbonyl (C=O) groups excluding carboxylic acids is 2. The molecule has 0 saturated heterocycles. The number of thioether (sulfide) groups is 1. The van der Waals surface area contributed by atoms with Crippen molar-refractivity contribution in [3.05, 3.63) is 60.4 Å². The van der Waals surface area contributed by atoms with E-state index in [1.165, 1.54) is 18.9 Å². The molecule has 6 nitrogen and oxygen atoms in total. The van der Waals surface area contributed by atoms with Crippen molar-refractivity contribution >= 4 is 34.8 Å². The van der Waals surface area contributed by atoms with Crippen LogP contribution in [0.2, 0.25) is 0 Å². The van der Waals surface area contributed by atoms with Crippen molar-refractivity contribution in [1.29, 1.82) is 0 Å². The van der Waals surface area contributed by atoms with Gasteiger partial charge in [0, 0.05) is 11.9 Å². The number of amides is 1. The third kappa shape index (κ3) is 3.57. The van der Waals surface area contributed by atoms with Gasteiger partial charge in [-0.05, 0) is 36.4 Å². The molecule has 0 unspecified atom stereocenters. The number of esters is 1. The van der Waals surface area contributed by atoms with E-state index in [-0.39, 0.29) is 11.7 Å². The van der Waals surface area contributed by atoms with E-state index < -0.39 is 5.97 Å². The van der Waals surface area contributed by atoms with Gasteiger partial charge in [0.05, 0.1) is 30.1 Å². The van der Waals surface area contributed by atoms with Crippen LogP contribution in [0.15, 0.2) is 60.0 Å². The lowest BCUT2D eigenvalue weighted by Gasteiger charge is -2.06. The Morgan fingerprint density at radius 3 is 2.75 bits per heavy atom. The van der Waals surface area contributed by atoms with Gasteiger partial charge in [0.1, 0.15) is 0 Å². The molecule has 122 valence electrons. The van der Waals surface area contributed by atoms with Crippen LogP contribution in [-0.2, 0) is 9.53 Å². The number of rotatable bonds is 5. The van der Waals surface area contributed by atoms with Crippen molar-refractivity contribution in [2.75, 3.05) is 18.2 Å². The summed E-state index contributed by atoms with van der Waals surface area (Å²) in [6.45, 7) is 0. The largest absolute Gasteiger partial charge is 0.465 e. The summed E-state index contributed by atoms with van der Waals surface area (Å²) in [5.41, 5.74) is 2.05. The number of hydrogen-bond donors (Lipinski definition) is 1. The zero-order chi connectivity index (χ0) is 16.9. The van der Waals surface area contributed by atoms with E-state index in [9.17, 15) is 9.59 Å². The second kappa shape index (κ2) is 7.18. The molecule has 0 aliphatic heterocycles. The minimum absolute atomic E-state index is 0.140. The quantitative estimate of drug-likeness (QED) is 0.571. The molecule has 7 heteroatoms. The number of nitrogens with zero attached hydrogens (tertiary/aromatic N) is 2. The van der Waals surface area contributed by atoms with E-state index in [1.54, 1.807) is 30.5 Å². The Kier molecular flexibility index (Phi) is 4.81. The molecule has 0 atom stereocenters. The van der Waals surface area contributed by atoms with Crippen LogP contribution in [0.25, 0.3) is 5.52 Å². The van der Waals surface area contributed by atoms with Gasteiger partial charge in [-0.25, -0.2) is 9.78 Å². The molecule has 0 aliphatic carbocycles. The highest BCUT2D eigenvalue weighted by molar-refractivity contribution is 7.99. The maximum absolute atomic E-state index is 12.1. The molecule has 3 aromatic rings. The van der Waals surface area contributed by atoms with Crippen LogP contribution in [0.5, 0.6) is 0 Å². The minimum Gasteiger partial charge on any atom is -0.465 e. The summed E-state index contributed by atoms with van der Waals surface area (Å²) in [5, 5.41) is 3.55. The van der Waals surface area contributed by atoms with E-state index in [4.69, 9.17) is 0 Å². The summed E-state index contributed by atoms with van der Waals surface area (Å²) in [6.07, 6.45) is 3.68. The number of hydrogen-bond acceptors (Lipinski definition) is 5. The van der Waals surface area contributed by atoms with Crippen LogP contribution in [0, 0.1) is 0 Å². The summed E-state index contributed by atoms with van der Waals surface area (Å²) >= 11 is 1.36.